The highest BCUT2D eigenvalue weighted by Crippen LogP contribution is 2.32. The summed E-state index contributed by atoms with van der Waals surface area (Å²) in [4.78, 5) is 22.4. The van der Waals surface area contributed by atoms with Gasteiger partial charge < -0.3 is 5.11 Å². The van der Waals surface area contributed by atoms with Gasteiger partial charge in [-0.15, -0.1) is 0 Å². The number of aromatic carboxylic acids is 1. The third-order valence-corrected chi connectivity index (χ3v) is 1.65. The first-order valence-corrected chi connectivity index (χ1v) is 3.70. The molecule has 16 heavy (non-hydrogen) atoms. The molecule has 1 N–H and O–H groups in total. The lowest BCUT2D eigenvalue weighted by Gasteiger charge is -2.04. The molecule has 9 heteroatoms. The second kappa shape index (κ2) is 4.13. The minimum absolute atomic E-state index is 0.206. The van der Waals surface area contributed by atoms with Crippen LogP contribution in [0.15, 0.2) is 6.20 Å². The van der Waals surface area contributed by atoms with Crippen LogP contribution < -0.4 is 0 Å². The number of pyridine rings is 1. The molecule has 0 fully saturated rings. The van der Waals surface area contributed by atoms with Crippen molar-refractivity contribution in [2.75, 3.05) is 0 Å². The van der Waals surface area contributed by atoms with E-state index in [1.807, 2.05) is 0 Å². The molecule has 1 aromatic rings. The second-order valence-corrected chi connectivity index (χ2v) is 2.58. The van der Waals surface area contributed by atoms with Crippen molar-refractivity contribution in [1.29, 1.82) is 0 Å². The van der Waals surface area contributed by atoms with Crippen LogP contribution in [0.5, 0.6) is 0 Å². The largest absolute Gasteiger partial charge is 0.476 e. The number of carboxylic acid groups (broad SMARTS) is 1. The van der Waals surface area contributed by atoms with Crippen molar-refractivity contribution in [3.8, 4) is 0 Å². The fraction of sp³-hybridized carbons (Fsp3) is 0.143. The molecule has 86 valence electrons. The molecule has 0 amide bonds. The van der Waals surface area contributed by atoms with E-state index in [2.05, 4.69) is 4.98 Å². The summed E-state index contributed by atoms with van der Waals surface area (Å²) >= 11 is 0. The SMILES string of the molecule is O=C(O)c1ncc(F)c(C(F)F)c1[N+](=O)[O-]. The Morgan fingerprint density at radius 1 is 1.56 bits per heavy atom. The van der Waals surface area contributed by atoms with Gasteiger partial charge in [-0.25, -0.2) is 22.9 Å². The molecule has 0 saturated heterocycles. The third-order valence-electron chi connectivity index (χ3n) is 1.65. The van der Waals surface area contributed by atoms with Crippen molar-refractivity contribution in [2.45, 2.75) is 6.43 Å². The van der Waals surface area contributed by atoms with Crippen molar-refractivity contribution in [3.05, 3.63) is 33.4 Å². The summed E-state index contributed by atoms with van der Waals surface area (Å²) in [5.41, 5.74) is -4.32. The van der Waals surface area contributed by atoms with E-state index in [4.69, 9.17) is 5.11 Å². The Balaban J connectivity index is 3.63. The molecule has 1 aromatic heterocycles. The van der Waals surface area contributed by atoms with E-state index in [0.717, 1.165) is 0 Å². The smallest absolute Gasteiger partial charge is 0.361 e. The lowest BCUT2D eigenvalue weighted by atomic mass is 10.1. The summed E-state index contributed by atoms with van der Waals surface area (Å²) in [5, 5.41) is 18.9. The van der Waals surface area contributed by atoms with Crippen molar-refractivity contribution in [3.63, 3.8) is 0 Å². The molecule has 0 aliphatic rings. The minimum Gasteiger partial charge on any atom is -0.476 e. The lowest BCUT2D eigenvalue weighted by Crippen LogP contribution is -2.10. The van der Waals surface area contributed by atoms with Gasteiger partial charge in [0.2, 0.25) is 5.69 Å². The van der Waals surface area contributed by atoms with Crippen LogP contribution in [0.3, 0.4) is 0 Å². The molecule has 0 radical (unpaired) electrons. The monoisotopic (exact) mass is 236 g/mol. The molecule has 1 rings (SSSR count). The highest BCUT2D eigenvalue weighted by molar-refractivity contribution is 5.90. The molecular formula is C7H3F3N2O4. The van der Waals surface area contributed by atoms with E-state index in [-0.39, 0.29) is 6.20 Å². The van der Waals surface area contributed by atoms with E-state index < -0.39 is 40.1 Å². The van der Waals surface area contributed by atoms with Gasteiger partial charge in [0.15, 0.2) is 5.82 Å². The fourth-order valence-electron chi connectivity index (χ4n) is 1.04. The molecular weight excluding hydrogens is 233 g/mol. The van der Waals surface area contributed by atoms with Crippen LogP contribution in [0.25, 0.3) is 0 Å². The Bertz CT molecular complexity index is 463. The number of hydrogen-bond donors (Lipinski definition) is 1. The maximum Gasteiger partial charge on any atom is 0.361 e. The zero-order valence-corrected chi connectivity index (χ0v) is 7.35. The first kappa shape index (κ1) is 11.9. The number of rotatable bonds is 3. The number of nitrogens with zero attached hydrogens (tertiary/aromatic N) is 2. The molecule has 0 aliphatic carbocycles. The van der Waals surface area contributed by atoms with Crippen LogP contribution in [0.4, 0.5) is 18.9 Å². The summed E-state index contributed by atoms with van der Waals surface area (Å²) in [6.07, 6.45) is -3.29. The van der Waals surface area contributed by atoms with Gasteiger partial charge in [-0.1, -0.05) is 0 Å². The summed E-state index contributed by atoms with van der Waals surface area (Å²) in [5.74, 6) is -3.50. The molecule has 0 unspecified atom stereocenters. The Morgan fingerprint density at radius 2 is 2.12 bits per heavy atom. The average molecular weight is 236 g/mol. The quantitative estimate of drug-likeness (QED) is 0.637. The highest BCUT2D eigenvalue weighted by atomic mass is 19.3. The maximum atomic E-state index is 12.9. The lowest BCUT2D eigenvalue weighted by molar-refractivity contribution is -0.387. The summed E-state index contributed by atoms with van der Waals surface area (Å²) in [6, 6.07) is 0. The molecule has 0 aromatic carbocycles. The standard InChI is InChI=1S/C7H3F3N2O4/c8-2-1-11-4(7(13)14)5(12(15)16)3(2)6(9)10/h1,6H,(H,13,14). The van der Waals surface area contributed by atoms with Gasteiger partial charge in [-0.05, 0) is 0 Å². The molecule has 6 nitrogen and oxygen atoms in total. The zero-order valence-electron chi connectivity index (χ0n) is 7.35. The van der Waals surface area contributed by atoms with E-state index in [1.54, 1.807) is 0 Å². The van der Waals surface area contributed by atoms with Crippen LogP contribution in [0.1, 0.15) is 22.5 Å². The average Bonchev–Trinajstić information content (AvgIpc) is 2.15. The van der Waals surface area contributed by atoms with Gasteiger partial charge >= 0.3 is 11.7 Å². The molecule has 0 saturated carbocycles. The van der Waals surface area contributed by atoms with Gasteiger partial charge in [0.25, 0.3) is 6.43 Å². The van der Waals surface area contributed by atoms with E-state index in [9.17, 15) is 28.1 Å². The Labute approximate surface area is 85.5 Å². The number of alkyl halides is 2. The van der Waals surface area contributed by atoms with Crippen LogP contribution in [-0.4, -0.2) is 21.0 Å². The van der Waals surface area contributed by atoms with Crippen LogP contribution in [0, 0.1) is 15.9 Å². The maximum absolute atomic E-state index is 12.9. The number of carboxylic acids is 1. The first-order valence-electron chi connectivity index (χ1n) is 3.70. The molecule has 1 heterocycles. The van der Waals surface area contributed by atoms with Crippen molar-refractivity contribution < 1.29 is 28.0 Å². The number of aromatic nitrogens is 1. The Morgan fingerprint density at radius 3 is 2.50 bits per heavy atom. The minimum atomic E-state index is -3.50. The normalized spacial score (nSPS) is 10.5. The number of halogens is 3. The first-order chi connectivity index (χ1) is 7.36. The number of carbonyl (C=O) groups is 1. The molecule has 0 bridgehead atoms. The Kier molecular flexibility index (Phi) is 3.06. The summed E-state index contributed by atoms with van der Waals surface area (Å²) in [7, 11) is 0. The highest BCUT2D eigenvalue weighted by Gasteiger charge is 2.33. The topological polar surface area (TPSA) is 93.3 Å². The van der Waals surface area contributed by atoms with Crippen molar-refractivity contribution >= 4 is 11.7 Å². The second-order valence-electron chi connectivity index (χ2n) is 2.58. The zero-order chi connectivity index (χ0) is 12.5. The number of hydrogen-bond acceptors (Lipinski definition) is 4. The predicted molar refractivity (Wildman–Crippen MR) is 42.8 cm³/mol. The number of nitro groups is 1. The van der Waals surface area contributed by atoms with Crippen molar-refractivity contribution in [1.82, 2.24) is 4.98 Å². The van der Waals surface area contributed by atoms with Gasteiger partial charge in [-0.3, -0.25) is 10.1 Å². The molecule has 0 atom stereocenters. The third kappa shape index (κ3) is 1.92. The van der Waals surface area contributed by atoms with Crippen LogP contribution >= 0.6 is 0 Å². The Hall–Kier alpha value is -2.19. The fourth-order valence-corrected chi connectivity index (χ4v) is 1.04. The molecule has 0 spiro atoms. The van der Waals surface area contributed by atoms with Crippen LogP contribution in [-0.2, 0) is 0 Å². The van der Waals surface area contributed by atoms with Gasteiger partial charge in [0.05, 0.1) is 11.1 Å². The van der Waals surface area contributed by atoms with Crippen LogP contribution in [0.2, 0.25) is 0 Å². The summed E-state index contributed by atoms with van der Waals surface area (Å²) in [6.45, 7) is 0. The van der Waals surface area contributed by atoms with Crippen molar-refractivity contribution in [2.24, 2.45) is 0 Å². The summed E-state index contributed by atoms with van der Waals surface area (Å²) < 4.78 is 37.5. The molecule has 0 aliphatic heterocycles. The van der Waals surface area contributed by atoms with E-state index >= 15 is 0 Å². The van der Waals surface area contributed by atoms with Gasteiger partial charge in [0.1, 0.15) is 5.56 Å². The van der Waals surface area contributed by atoms with E-state index in [0.29, 0.717) is 0 Å². The predicted octanol–water partition coefficient (Wildman–Crippen LogP) is 1.76. The van der Waals surface area contributed by atoms with E-state index in [1.165, 1.54) is 0 Å². The van der Waals surface area contributed by atoms with Gasteiger partial charge in [-0.2, -0.15) is 0 Å². The van der Waals surface area contributed by atoms with Gasteiger partial charge in [0, 0.05) is 0 Å².